The van der Waals surface area contributed by atoms with Crippen LogP contribution in [0.3, 0.4) is 0 Å². The monoisotopic (exact) mass is 181 g/mol. The Kier molecular flexibility index (Phi) is 4.03. The Bertz CT molecular complexity index is 208. The summed E-state index contributed by atoms with van der Waals surface area (Å²) in [5.41, 5.74) is 1.37. The zero-order valence-corrected chi connectivity index (χ0v) is 8.79. The standard InChI is InChI=1S/C11H19NO/c1-4-10-7-8-11(13-6-3)12(5-2)9-10/h7-9,11H,4-6H2,1-3H3. The van der Waals surface area contributed by atoms with E-state index in [0.29, 0.717) is 0 Å². The fourth-order valence-corrected chi connectivity index (χ4v) is 1.45. The summed E-state index contributed by atoms with van der Waals surface area (Å²) in [5.74, 6) is 0. The lowest BCUT2D eigenvalue weighted by Crippen LogP contribution is -2.33. The average Bonchev–Trinajstić information content (AvgIpc) is 2.19. The van der Waals surface area contributed by atoms with Gasteiger partial charge in [0.25, 0.3) is 0 Å². The lowest BCUT2D eigenvalue weighted by atomic mass is 10.1. The fourth-order valence-electron chi connectivity index (χ4n) is 1.45. The van der Waals surface area contributed by atoms with Crippen LogP contribution in [0.5, 0.6) is 0 Å². The normalized spacial score (nSPS) is 21.9. The van der Waals surface area contributed by atoms with Gasteiger partial charge in [-0.25, -0.2) is 0 Å². The van der Waals surface area contributed by atoms with Crippen LogP contribution in [0.15, 0.2) is 23.9 Å². The highest BCUT2D eigenvalue weighted by Crippen LogP contribution is 2.16. The van der Waals surface area contributed by atoms with E-state index in [0.717, 1.165) is 19.6 Å². The molecule has 0 aromatic carbocycles. The van der Waals surface area contributed by atoms with E-state index < -0.39 is 0 Å². The van der Waals surface area contributed by atoms with Crippen LogP contribution >= 0.6 is 0 Å². The average molecular weight is 181 g/mol. The van der Waals surface area contributed by atoms with Crippen LogP contribution in [0, 0.1) is 0 Å². The Labute approximate surface area is 80.9 Å². The Morgan fingerprint density at radius 2 is 2.15 bits per heavy atom. The van der Waals surface area contributed by atoms with E-state index in [2.05, 4.69) is 37.1 Å². The number of nitrogens with zero attached hydrogens (tertiary/aromatic N) is 1. The van der Waals surface area contributed by atoms with Gasteiger partial charge >= 0.3 is 0 Å². The zero-order valence-electron chi connectivity index (χ0n) is 8.79. The summed E-state index contributed by atoms with van der Waals surface area (Å²) in [7, 11) is 0. The van der Waals surface area contributed by atoms with Crippen molar-refractivity contribution in [3.63, 3.8) is 0 Å². The van der Waals surface area contributed by atoms with E-state index in [1.807, 2.05) is 6.92 Å². The smallest absolute Gasteiger partial charge is 0.149 e. The van der Waals surface area contributed by atoms with Gasteiger partial charge in [-0.1, -0.05) is 13.0 Å². The Hall–Kier alpha value is -0.760. The van der Waals surface area contributed by atoms with Gasteiger partial charge in [-0.05, 0) is 31.9 Å². The zero-order chi connectivity index (χ0) is 9.68. The molecule has 2 nitrogen and oxygen atoms in total. The van der Waals surface area contributed by atoms with Gasteiger partial charge in [-0.3, -0.25) is 0 Å². The van der Waals surface area contributed by atoms with Crippen LogP contribution < -0.4 is 0 Å². The second kappa shape index (κ2) is 5.07. The molecule has 0 aromatic heterocycles. The summed E-state index contributed by atoms with van der Waals surface area (Å²) in [6.07, 6.45) is 7.72. The number of rotatable bonds is 4. The number of likely N-dealkylation sites (N-methyl/N-ethyl adjacent to an activating group) is 1. The lowest BCUT2D eigenvalue weighted by molar-refractivity contribution is 0.00338. The largest absolute Gasteiger partial charge is 0.355 e. The van der Waals surface area contributed by atoms with E-state index in [4.69, 9.17) is 4.74 Å². The van der Waals surface area contributed by atoms with Gasteiger partial charge in [0.05, 0.1) is 0 Å². The van der Waals surface area contributed by atoms with Crippen molar-refractivity contribution in [3.05, 3.63) is 23.9 Å². The topological polar surface area (TPSA) is 12.5 Å². The summed E-state index contributed by atoms with van der Waals surface area (Å²) < 4.78 is 5.57. The molecule has 1 unspecified atom stereocenters. The molecule has 1 aliphatic heterocycles. The van der Waals surface area contributed by atoms with Gasteiger partial charge in [-0.15, -0.1) is 0 Å². The van der Waals surface area contributed by atoms with E-state index in [1.165, 1.54) is 5.57 Å². The van der Waals surface area contributed by atoms with Crippen LogP contribution in [0.2, 0.25) is 0 Å². The van der Waals surface area contributed by atoms with Crippen molar-refractivity contribution in [2.75, 3.05) is 13.2 Å². The van der Waals surface area contributed by atoms with Crippen molar-refractivity contribution in [2.45, 2.75) is 33.4 Å². The molecule has 0 aliphatic carbocycles. The summed E-state index contributed by atoms with van der Waals surface area (Å²) in [6.45, 7) is 8.11. The molecule has 74 valence electrons. The Balaban J connectivity index is 2.62. The van der Waals surface area contributed by atoms with Gasteiger partial charge < -0.3 is 9.64 Å². The number of hydrogen-bond donors (Lipinski definition) is 0. The number of ether oxygens (including phenoxy) is 1. The molecule has 0 aromatic rings. The van der Waals surface area contributed by atoms with Crippen LogP contribution in [0.1, 0.15) is 27.2 Å². The molecule has 0 bridgehead atoms. The third kappa shape index (κ3) is 2.59. The maximum atomic E-state index is 5.57. The Morgan fingerprint density at radius 1 is 1.38 bits per heavy atom. The molecular formula is C11H19NO. The predicted octanol–water partition coefficient (Wildman–Crippen LogP) is 2.53. The SMILES string of the molecule is CCOC1C=CC(CC)=CN1CC. The maximum Gasteiger partial charge on any atom is 0.149 e. The van der Waals surface area contributed by atoms with Crippen molar-refractivity contribution >= 4 is 0 Å². The second-order valence-corrected chi connectivity index (χ2v) is 3.09. The summed E-state index contributed by atoms with van der Waals surface area (Å²) in [6, 6.07) is 0. The van der Waals surface area contributed by atoms with Gasteiger partial charge in [0, 0.05) is 19.4 Å². The van der Waals surface area contributed by atoms with Crippen LogP contribution in [-0.2, 0) is 4.74 Å². The van der Waals surface area contributed by atoms with Crippen molar-refractivity contribution in [1.82, 2.24) is 4.90 Å². The van der Waals surface area contributed by atoms with E-state index >= 15 is 0 Å². The third-order valence-electron chi connectivity index (χ3n) is 2.24. The molecule has 0 spiro atoms. The van der Waals surface area contributed by atoms with Gasteiger partial charge in [0.2, 0.25) is 0 Å². The molecule has 0 saturated carbocycles. The van der Waals surface area contributed by atoms with Gasteiger partial charge in [-0.2, -0.15) is 0 Å². The van der Waals surface area contributed by atoms with Crippen molar-refractivity contribution < 1.29 is 4.74 Å². The van der Waals surface area contributed by atoms with Gasteiger partial charge in [0.1, 0.15) is 6.23 Å². The molecular weight excluding hydrogens is 162 g/mol. The maximum absolute atomic E-state index is 5.57. The van der Waals surface area contributed by atoms with Crippen LogP contribution in [-0.4, -0.2) is 24.3 Å². The number of allylic oxidation sites excluding steroid dienone is 2. The highest BCUT2D eigenvalue weighted by atomic mass is 16.5. The fraction of sp³-hybridized carbons (Fsp3) is 0.636. The minimum Gasteiger partial charge on any atom is -0.355 e. The molecule has 1 atom stereocenters. The van der Waals surface area contributed by atoms with E-state index in [9.17, 15) is 0 Å². The lowest BCUT2D eigenvalue weighted by Gasteiger charge is -2.30. The van der Waals surface area contributed by atoms with E-state index in [1.54, 1.807) is 0 Å². The van der Waals surface area contributed by atoms with Crippen molar-refractivity contribution in [2.24, 2.45) is 0 Å². The molecule has 1 aliphatic rings. The third-order valence-corrected chi connectivity index (χ3v) is 2.24. The molecule has 0 amide bonds. The highest BCUT2D eigenvalue weighted by molar-refractivity contribution is 5.22. The summed E-state index contributed by atoms with van der Waals surface area (Å²) in [4.78, 5) is 2.22. The molecule has 13 heavy (non-hydrogen) atoms. The van der Waals surface area contributed by atoms with Crippen LogP contribution in [0.25, 0.3) is 0 Å². The molecule has 0 radical (unpaired) electrons. The summed E-state index contributed by atoms with van der Waals surface area (Å²) in [5, 5.41) is 0. The molecule has 0 N–H and O–H groups in total. The molecule has 0 fully saturated rings. The number of hydrogen-bond acceptors (Lipinski definition) is 2. The van der Waals surface area contributed by atoms with Crippen LogP contribution in [0.4, 0.5) is 0 Å². The van der Waals surface area contributed by atoms with Crippen molar-refractivity contribution in [3.8, 4) is 0 Å². The first-order valence-electron chi connectivity index (χ1n) is 5.08. The Morgan fingerprint density at radius 3 is 2.69 bits per heavy atom. The second-order valence-electron chi connectivity index (χ2n) is 3.09. The first-order chi connectivity index (χ1) is 6.31. The molecule has 1 rings (SSSR count). The quantitative estimate of drug-likeness (QED) is 0.661. The first kappa shape index (κ1) is 10.3. The van der Waals surface area contributed by atoms with Crippen molar-refractivity contribution in [1.29, 1.82) is 0 Å². The first-order valence-corrected chi connectivity index (χ1v) is 5.08. The molecule has 0 saturated heterocycles. The minimum absolute atomic E-state index is 0.144. The minimum atomic E-state index is 0.144. The summed E-state index contributed by atoms with van der Waals surface area (Å²) >= 11 is 0. The van der Waals surface area contributed by atoms with Gasteiger partial charge in [0.15, 0.2) is 0 Å². The predicted molar refractivity (Wildman–Crippen MR) is 55.3 cm³/mol. The molecule has 1 heterocycles. The molecule has 2 heteroatoms. The highest BCUT2D eigenvalue weighted by Gasteiger charge is 2.14. The van der Waals surface area contributed by atoms with E-state index in [-0.39, 0.29) is 6.23 Å².